The first-order valence-electron chi connectivity index (χ1n) is 8.89. The fraction of sp³-hybridized carbons (Fsp3) is 0.250. The van der Waals surface area contributed by atoms with Crippen LogP contribution >= 0.6 is 11.3 Å². The van der Waals surface area contributed by atoms with Gasteiger partial charge < -0.3 is 9.80 Å². The number of carbonyl (C=O) groups excluding carboxylic acids is 1. The zero-order valence-corrected chi connectivity index (χ0v) is 15.6. The SMILES string of the molecule is O=C(Cn1cnc(-c2cccs2)cc1=O)N1CCN(c2ccccc2)CC1. The second kappa shape index (κ2) is 7.75. The number of amides is 1. The van der Waals surface area contributed by atoms with Gasteiger partial charge >= 0.3 is 0 Å². The molecule has 3 heterocycles. The Labute approximate surface area is 161 Å². The van der Waals surface area contributed by atoms with Gasteiger partial charge in [-0.2, -0.15) is 0 Å². The van der Waals surface area contributed by atoms with E-state index in [2.05, 4.69) is 22.0 Å². The summed E-state index contributed by atoms with van der Waals surface area (Å²) in [6.07, 6.45) is 1.47. The first kappa shape index (κ1) is 17.5. The minimum atomic E-state index is -0.204. The predicted octanol–water partition coefficient (Wildman–Crippen LogP) is 2.32. The van der Waals surface area contributed by atoms with Gasteiger partial charge in [0.05, 0.1) is 16.9 Å². The highest BCUT2D eigenvalue weighted by Gasteiger charge is 2.21. The fourth-order valence-electron chi connectivity index (χ4n) is 3.20. The molecule has 1 aliphatic rings. The molecule has 2 aromatic heterocycles. The molecule has 4 rings (SSSR count). The summed E-state index contributed by atoms with van der Waals surface area (Å²) in [6, 6.07) is 15.5. The molecule has 0 aliphatic carbocycles. The lowest BCUT2D eigenvalue weighted by atomic mass is 10.2. The van der Waals surface area contributed by atoms with Gasteiger partial charge in [-0.1, -0.05) is 24.3 Å². The largest absolute Gasteiger partial charge is 0.368 e. The van der Waals surface area contributed by atoms with Gasteiger partial charge in [0.15, 0.2) is 0 Å². The van der Waals surface area contributed by atoms with Crippen molar-refractivity contribution < 1.29 is 4.79 Å². The Bertz CT molecular complexity index is 961. The number of para-hydroxylation sites is 1. The third-order valence-electron chi connectivity index (χ3n) is 4.71. The first-order chi connectivity index (χ1) is 13.2. The third kappa shape index (κ3) is 3.93. The normalized spacial score (nSPS) is 14.4. The Morgan fingerprint density at radius 3 is 2.48 bits per heavy atom. The van der Waals surface area contributed by atoms with Crippen molar-refractivity contribution in [3.63, 3.8) is 0 Å². The number of anilines is 1. The molecule has 6 nitrogen and oxygen atoms in total. The van der Waals surface area contributed by atoms with E-state index >= 15 is 0 Å². The summed E-state index contributed by atoms with van der Waals surface area (Å²) in [5, 5.41) is 1.95. The van der Waals surface area contributed by atoms with E-state index in [4.69, 9.17) is 0 Å². The number of piperazine rings is 1. The minimum absolute atomic E-state index is 0.0297. The maximum absolute atomic E-state index is 12.6. The molecule has 0 bridgehead atoms. The lowest BCUT2D eigenvalue weighted by molar-refractivity contribution is -0.132. The maximum Gasteiger partial charge on any atom is 0.254 e. The summed E-state index contributed by atoms with van der Waals surface area (Å²) in [7, 11) is 0. The van der Waals surface area contributed by atoms with E-state index in [-0.39, 0.29) is 18.0 Å². The van der Waals surface area contributed by atoms with Crippen molar-refractivity contribution in [2.24, 2.45) is 0 Å². The molecule has 7 heteroatoms. The van der Waals surface area contributed by atoms with Crippen molar-refractivity contribution in [1.29, 1.82) is 0 Å². The van der Waals surface area contributed by atoms with Crippen LogP contribution in [0.15, 0.2) is 65.0 Å². The molecule has 1 saturated heterocycles. The van der Waals surface area contributed by atoms with Crippen LogP contribution < -0.4 is 10.5 Å². The zero-order chi connectivity index (χ0) is 18.6. The van der Waals surface area contributed by atoms with Gasteiger partial charge in [0.1, 0.15) is 6.54 Å². The molecule has 3 aromatic rings. The first-order valence-corrected chi connectivity index (χ1v) is 9.77. The quantitative estimate of drug-likeness (QED) is 0.697. The number of nitrogens with zero attached hydrogens (tertiary/aromatic N) is 4. The average Bonchev–Trinajstić information content (AvgIpc) is 3.25. The van der Waals surface area contributed by atoms with Gasteiger partial charge in [0, 0.05) is 37.9 Å². The van der Waals surface area contributed by atoms with Crippen LogP contribution in [-0.4, -0.2) is 46.5 Å². The average molecular weight is 380 g/mol. The summed E-state index contributed by atoms with van der Waals surface area (Å²) in [4.78, 5) is 34.3. The van der Waals surface area contributed by atoms with Crippen LogP contribution in [0.1, 0.15) is 0 Å². The van der Waals surface area contributed by atoms with Gasteiger partial charge in [-0.25, -0.2) is 4.98 Å². The number of aromatic nitrogens is 2. The second-order valence-corrected chi connectivity index (χ2v) is 7.37. The molecule has 0 spiro atoms. The van der Waals surface area contributed by atoms with E-state index in [1.807, 2.05) is 40.6 Å². The van der Waals surface area contributed by atoms with E-state index < -0.39 is 0 Å². The number of thiophene rings is 1. The summed E-state index contributed by atoms with van der Waals surface area (Å²) in [5.41, 5.74) is 1.62. The van der Waals surface area contributed by atoms with Crippen LogP contribution in [-0.2, 0) is 11.3 Å². The standard InChI is InChI=1S/C20H20N4O2S/c25-19-13-17(18-7-4-12-27-18)21-15-24(19)14-20(26)23-10-8-22(9-11-23)16-5-2-1-3-6-16/h1-7,12-13,15H,8-11,14H2. The molecule has 0 atom stereocenters. The Hall–Kier alpha value is -2.93. The van der Waals surface area contributed by atoms with Crippen LogP contribution in [0.2, 0.25) is 0 Å². The Balaban J connectivity index is 1.38. The zero-order valence-electron chi connectivity index (χ0n) is 14.8. The molecule has 1 fully saturated rings. The van der Waals surface area contributed by atoms with Crippen LogP contribution in [0.3, 0.4) is 0 Å². The number of benzene rings is 1. The third-order valence-corrected chi connectivity index (χ3v) is 5.60. The fourth-order valence-corrected chi connectivity index (χ4v) is 3.90. The van der Waals surface area contributed by atoms with E-state index in [9.17, 15) is 9.59 Å². The number of carbonyl (C=O) groups is 1. The summed E-state index contributed by atoms with van der Waals surface area (Å²) >= 11 is 1.54. The molecule has 0 N–H and O–H groups in total. The smallest absolute Gasteiger partial charge is 0.254 e. The monoisotopic (exact) mass is 380 g/mol. The number of rotatable bonds is 4. The van der Waals surface area contributed by atoms with E-state index in [0.29, 0.717) is 18.8 Å². The van der Waals surface area contributed by atoms with Crippen LogP contribution in [0.25, 0.3) is 10.6 Å². The highest BCUT2D eigenvalue weighted by atomic mass is 32.1. The van der Waals surface area contributed by atoms with Crippen molar-refractivity contribution in [2.45, 2.75) is 6.54 Å². The lowest BCUT2D eigenvalue weighted by Gasteiger charge is -2.36. The Morgan fingerprint density at radius 2 is 1.81 bits per heavy atom. The highest BCUT2D eigenvalue weighted by molar-refractivity contribution is 7.13. The Morgan fingerprint density at radius 1 is 1.04 bits per heavy atom. The summed E-state index contributed by atoms with van der Waals surface area (Å²) in [6.45, 7) is 2.93. The molecule has 0 saturated carbocycles. The molecular weight excluding hydrogens is 360 g/mol. The molecule has 1 aromatic carbocycles. The summed E-state index contributed by atoms with van der Waals surface area (Å²) in [5.74, 6) is -0.0458. The molecule has 1 amide bonds. The maximum atomic E-state index is 12.6. The highest BCUT2D eigenvalue weighted by Crippen LogP contribution is 2.20. The van der Waals surface area contributed by atoms with Crippen molar-refractivity contribution in [1.82, 2.24) is 14.5 Å². The summed E-state index contributed by atoms with van der Waals surface area (Å²) < 4.78 is 1.38. The number of hydrogen-bond donors (Lipinski definition) is 0. The van der Waals surface area contributed by atoms with E-state index in [1.165, 1.54) is 34.0 Å². The van der Waals surface area contributed by atoms with E-state index in [0.717, 1.165) is 18.0 Å². The van der Waals surface area contributed by atoms with Gasteiger partial charge in [0.2, 0.25) is 5.91 Å². The van der Waals surface area contributed by atoms with Crippen molar-refractivity contribution >= 4 is 22.9 Å². The van der Waals surface area contributed by atoms with Gasteiger partial charge in [-0.05, 0) is 23.6 Å². The molecule has 1 aliphatic heterocycles. The molecule has 0 unspecified atom stereocenters. The van der Waals surface area contributed by atoms with Gasteiger partial charge in [-0.15, -0.1) is 11.3 Å². The Kier molecular flexibility index (Phi) is 5.02. The van der Waals surface area contributed by atoms with Crippen LogP contribution in [0.4, 0.5) is 5.69 Å². The van der Waals surface area contributed by atoms with Gasteiger partial charge in [-0.3, -0.25) is 14.2 Å². The van der Waals surface area contributed by atoms with E-state index in [1.54, 1.807) is 0 Å². The minimum Gasteiger partial charge on any atom is -0.368 e. The molecule has 0 radical (unpaired) electrons. The molecule has 27 heavy (non-hydrogen) atoms. The van der Waals surface area contributed by atoms with Gasteiger partial charge in [0.25, 0.3) is 5.56 Å². The molecular formula is C20H20N4O2S. The van der Waals surface area contributed by atoms with Crippen LogP contribution in [0.5, 0.6) is 0 Å². The topological polar surface area (TPSA) is 58.4 Å². The van der Waals surface area contributed by atoms with Crippen LogP contribution in [0, 0.1) is 0 Å². The van der Waals surface area contributed by atoms with Crippen molar-refractivity contribution in [3.8, 4) is 10.6 Å². The molecule has 138 valence electrons. The lowest BCUT2D eigenvalue weighted by Crippen LogP contribution is -2.50. The second-order valence-electron chi connectivity index (χ2n) is 6.42. The van der Waals surface area contributed by atoms with Crippen molar-refractivity contribution in [3.05, 3.63) is 70.6 Å². The predicted molar refractivity (Wildman–Crippen MR) is 107 cm³/mol. The number of hydrogen-bond acceptors (Lipinski definition) is 5. The van der Waals surface area contributed by atoms with Crippen molar-refractivity contribution in [2.75, 3.05) is 31.1 Å².